The summed E-state index contributed by atoms with van der Waals surface area (Å²) in [5.41, 5.74) is 1.26. The maximum atomic E-state index is 11.9. The van der Waals surface area contributed by atoms with Gasteiger partial charge in [0.25, 0.3) is 19.9 Å². The molecule has 11 heteroatoms. The Labute approximate surface area is 193 Å². The van der Waals surface area contributed by atoms with Gasteiger partial charge in [0.2, 0.25) is 0 Å². The monoisotopic (exact) mass is 472 g/mol. The minimum Gasteiger partial charge on any atom is -0.321 e. The molecule has 0 N–H and O–H groups in total. The van der Waals surface area contributed by atoms with Crippen molar-refractivity contribution < 1.29 is 18.9 Å². The second kappa shape index (κ2) is 10.3. The number of benzene rings is 2. The zero-order valence-corrected chi connectivity index (χ0v) is 19.7. The van der Waals surface area contributed by atoms with E-state index in [0.29, 0.717) is 11.1 Å². The van der Waals surface area contributed by atoms with Gasteiger partial charge in [0, 0.05) is 24.2 Å². The quantitative estimate of drug-likeness (QED) is 0.182. The average Bonchev–Trinajstić information content (AvgIpc) is 3.07. The van der Waals surface area contributed by atoms with E-state index in [1.807, 2.05) is 38.4 Å². The lowest BCUT2D eigenvalue weighted by atomic mass is 10.0. The van der Waals surface area contributed by atoms with E-state index in [1.54, 1.807) is 24.3 Å². The van der Waals surface area contributed by atoms with Crippen LogP contribution in [0.3, 0.4) is 0 Å². The lowest BCUT2D eigenvalue weighted by molar-refractivity contribution is -0.387. The summed E-state index contributed by atoms with van der Waals surface area (Å²) in [5.74, 6) is 0. The first-order chi connectivity index (χ1) is 15.7. The largest absolute Gasteiger partial charge is 0.321 e. The van der Waals surface area contributed by atoms with E-state index in [0.717, 1.165) is 0 Å². The third-order valence-electron chi connectivity index (χ3n) is 5.23. The fraction of sp³-hybridized carbons (Fsp3) is 0.409. The summed E-state index contributed by atoms with van der Waals surface area (Å²) < 4.78 is 14.4. The van der Waals surface area contributed by atoms with Crippen LogP contribution in [0.2, 0.25) is 0 Å². The first-order valence-electron chi connectivity index (χ1n) is 10.5. The SMILES string of the molecule is CC(C)N(C(C)C)P(OCCC#N)OC1c2c(cccc2[N+](=O)[O-])-c2cccc([N+](=O)[O-])c21. The van der Waals surface area contributed by atoms with Gasteiger partial charge in [-0.25, -0.2) is 4.67 Å². The number of nitrogens with zero attached hydrogens (tertiary/aromatic N) is 4. The van der Waals surface area contributed by atoms with Crippen molar-refractivity contribution in [3.63, 3.8) is 0 Å². The van der Waals surface area contributed by atoms with Crippen LogP contribution in [0.25, 0.3) is 11.1 Å². The van der Waals surface area contributed by atoms with E-state index in [-0.39, 0.29) is 47.6 Å². The Morgan fingerprint density at radius 3 is 1.88 bits per heavy atom. The van der Waals surface area contributed by atoms with Crippen molar-refractivity contribution in [1.29, 1.82) is 5.26 Å². The van der Waals surface area contributed by atoms with Crippen molar-refractivity contribution in [2.45, 2.75) is 52.3 Å². The molecule has 0 aromatic heterocycles. The minimum absolute atomic E-state index is 0.00457. The highest BCUT2D eigenvalue weighted by atomic mass is 31.2. The van der Waals surface area contributed by atoms with Gasteiger partial charge in [0.1, 0.15) is 6.10 Å². The Hall–Kier alpha value is -2.96. The van der Waals surface area contributed by atoms with Gasteiger partial charge in [-0.05, 0) is 38.8 Å². The predicted molar refractivity (Wildman–Crippen MR) is 123 cm³/mol. The Morgan fingerprint density at radius 1 is 1.00 bits per heavy atom. The second-order valence-electron chi connectivity index (χ2n) is 8.02. The molecule has 0 fully saturated rings. The first-order valence-corrected chi connectivity index (χ1v) is 11.6. The molecular formula is C22H25N4O6P. The molecule has 0 amide bonds. The van der Waals surface area contributed by atoms with Crippen LogP contribution < -0.4 is 0 Å². The molecule has 2 aromatic carbocycles. The average molecular weight is 472 g/mol. The molecule has 0 aliphatic heterocycles. The molecule has 10 nitrogen and oxygen atoms in total. The van der Waals surface area contributed by atoms with Gasteiger partial charge in [0.15, 0.2) is 0 Å². The van der Waals surface area contributed by atoms with Crippen molar-refractivity contribution in [3.8, 4) is 17.2 Å². The van der Waals surface area contributed by atoms with Crippen LogP contribution in [-0.2, 0) is 9.05 Å². The van der Waals surface area contributed by atoms with Crippen molar-refractivity contribution in [2.75, 3.05) is 6.61 Å². The topological polar surface area (TPSA) is 132 Å². The predicted octanol–water partition coefficient (Wildman–Crippen LogP) is 5.87. The molecule has 33 heavy (non-hydrogen) atoms. The molecule has 0 heterocycles. The second-order valence-corrected chi connectivity index (χ2v) is 9.43. The van der Waals surface area contributed by atoms with Crippen LogP contribution in [0.5, 0.6) is 0 Å². The van der Waals surface area contributed by atoms with Crippen molar-refractivity contribution in [3.05, 3.63) is 67.8 Å². The summed E-state index contributed by atoms with van der Waals surface area (Å²) >= 11 is 0. The Kier molecular flexibility index (Phi) is 7.72. The van der Waals surface area contributed by atoms with Crippen LogP contribution in [0.1, 0.15) is 51.3 Å². The van der Waals surface area contributed by atoms with Crippen molar-refractivity contribution >= 4 is 19.9 Å². The molecule has 0 saturated heterocycles. The molecule has 2 aromatic rings. The Morgan fingerprint density at radius 2 is 1.48 bits per heavy atom. The first kappa shape index (κ1) is 24.7. The van der Waals surface area contributed by atoms with Crippen LogP contribution in [-0.4, -0.2) is 33.2 Å². The normalized spacial score (nSPS) is 13.8. The maximum absolute atomic E-state index is 11.9. The highest BCUT2D eigenvalue weighted by Gasteiger charge is 2.43. The Balaban J connectivity index is 2.19. The number of rotatable bonds is 10. The smallest absolute Gasteiger partial charge is 0.276 e. The molecule has 1 atom stereocenters. The van der Waals surface area contributed by atoms with E-state index in [1.165, 1.54) is 12.1 Å². The zero-order chi connectivity index (χ0) is 24.3. The van der Waals surface area contributed by atoms with Gasteiger partial charge in [0.05, 0.1) is 40.1 Å². The van der Waals surface area contributed by atoms with E-state index in [2.05, 4.69) is 0 Å². The molecule has 1 aliphatic rings. The summed E-state index contributed by atoms with van der Waals surface area (Å²) in [6, 6.07) is 11.3. The van der Waals surface area contributed by atoms with E-state index in [9.17, 15) is 20.2 Å². The number of hydrogen-bond acceptors (Lipinski definition) is 8. The van der Waals surface area contributed by atoms with Crippen LogP contribution in [0, 0.1) is 31.6 Å². The van der Waals surface area contributed by atoms with Gasteiger partial charge < -0.3 is 9.05 Å². The standard InChI is InChI=1S/C22H25N4O6P/c1-14(2)24(15(3)4)33(31-13-7-12-23)32-22-20-16(8-5-10-18(20)25(27)28)17-9-6-11-19(21(17)22)26(29)30/h5-6,8-11,14-15,22H,7,13H2,1-4H3. The highest BCUT2D eigenvalue weighted by molar-refractivity contribution is 7.44. The molecule has 0 spiro atoms. The van der Waals surface area contributed by atoms with Gasteiger partial charge in [-0.15, -0.1) is 0 Å². The summed E-state index contributed by atoms with van der Waals surface area (Å²) in [7, 11) is -1.80. The molecule has 3 rings (SSSR count). The molecule has 0 bridgehead atoms. The molecule has 1 unspecified atom stereocenters. The zero-order valence-electron chi connectivity index (χ0n) is 18.8. The van der Waals surface area contributed by atoms with Gasteiger partial charge in [-0.1, -0.05) is 24.3 Å². The lowest BCUT2D eigenvalue weighted by Crippen LogP contribution is -2.34. The number of nitro benzene ring substituents is 2. The van der Waals surface area contributed by atoms with Crippen molar-refractivity contribution in [1.82, 2.24) is 4.67 Å². The van der Waals surface area contributed by atoms with E-state index >= 15 is 0 Å². The van der Waals surface area contributed by atoms with E-state index in [4.69, 9.17) is 14.3 Å². The molecule has 1 aliphatic carbocycles. The molecular weight excluding hydrogens is 447 g/mol. The van der Waals surface area contributed by atoms with Crippen LogP contribution >= 0.6 is 8.53 Å². The van der Waals surface area contributed by atoms with E-state index < -0.39 is 24.5 Å². The highest BCUT2D eigenvalue weighted by Crippen LogP contribution is 2.58. The number of nitro groups is 2. The van der Waals surface area contributed by atoms with Gasteiger partial charge in [-0.3, -0.25) is 20.2 Å². The van der Waals surface area contributed by atoms with Crippen LogP contribution in [0.4, 0.5) is 11.4 Å². The fourth-order valence-corrected chi connectivity index (χ4v) is 5.78. The fourth-order valence-electron chi connectivity index (χ4n) is 4.08. The van der Waals surface area contributed by atoms with Crippen LogP contribution in [0.15, 0.2) is 36.4 Å². The third kappa shape index (κ3) is 4.87. The molecule has 0 saturated carbocycles. The summed E-state index contributed by atoms with van der Waals surface area (Å²) in [6.45, 7) is 7.97. The third-order valence-corrected chi connectivity index (χ3v) is 7.33. The summed E-state index contributed by atoms with van der Waals surface area (Å²) in [6.07, 6.45) is -0.920. The minimum atomic E-state index is -1.80. The number of nitriles is 1. The van der Waals surface area contributed by atoms with Crippen molar-refractivity contribution in [2.24, 2.45) is 0 Å². The number of fused-ring (bicyclic) bond motifs is 3. The maximum Gasteiger partial charge on any atom is 0.276 e. The number of hydrogen-bond donors (Lipinski definition) is 0. The summed E-state index contributed by atoms with van der Waals surface area (Å²) in [5, 5.41) is 32.7. The lowest BCUT2D eigenvalue weighted by Gasteiger charge is -2.36. The van der Waals surface area contributed by atoms with Gasteiger partial charge >= 0.3 is 0 Å². The summed E-state index contributed by atoms with van der Waals surface area (Å²) in [4.78, 5) is 22.7. The Bertz CT molecular complexity index is 1030. The molecule has 174 valence electrons. The van der Waals surface area contributed by atoms with Gasteiger partial charge in [-0.2, -0.15) is 5.26 Å². The molecule has 0 radical (unpaired) electrons.